The van der Waals surface area contributed by atoms with Crippen LogP contribution in [-0.2, 0) is 0 Å². The number of hydrogen-bond donors (Lipinski definition) is 1. The van der Waals surface area contributed by atoms with Crippen molar-refractivity contribution in [3.05, 3.63) is 65.7 Å². The molecule has 170 valence electrons. The van der Waals surface area contributed by atoms with Crippen molar-refractivity contribution in [3.63, 3.8) is 0 Å². The summed E-state index contributed by atoms with van der Waals surface area (Å²) in [7, 11) is 2.05. The Balaban J connectivity index is 0.00000176. The van der Waals surface area contributed by atoms with Crippen molar-refractivity contribution in [3.8, 4) is 12.8 Å². The van der Waals surface area contributed by atoms with Gasteiger partial charge in [0.15, 0.2) is 5.96 Å². The topological polar surface area (TPSA) is 40.5 Å². The maximum atomic E-state index is 13.4. The van der Waals surface area contributed by atoms with Crippen LogP contribution in [0.3, 0.4) is 0 Å². The Morgan fingerprint density at radius 3 is 2.38 bits per heavy atom. The summed E-state index contributed by atoms with van der Waals surface area (Å²) < 4.78 is 13.4. The number of pyridine rings is 1. The molecule has 0 amide bonds. The highest BCUT2D eigenvalue weighted by Crippen LogP contribution is 2.28. The van der Waals surface area contributed by atoms with Crippen LogP contribution in [-0.4, -0.2) is 36.0 Å². The minimum Gasteiger partial charge on any atom is -0.341 e. The number of guanidine groups is 1. The van der Waals surface area contributed by atoms with E-state index in [2.05, 4.69) is 41.9 Å². The number of rotatable bonds is 9. The average Bonchev–Trinajstić information content (AvgIpc) is 2.84. The highest BCUT2D eigenvalue weighted by Gasteiger charge is 2.23. The maximum absolute atomic E-state index is 13.4. The number of likely N-dealkylation sites (N-methyl/N-ethyl adjacent to an activating group) is 1. The van der Waals surface area contributed by atoms with E-state index < -0.39 is 0 Å². The molecule has 5 heteroatoms. The molecule has 1 aromatic heterocycles. The molecule has 1 atom stereocenters. The van der Waals surface area contributed by atoms with Gasteiger partial charge in [0, 0.05) is 43.7 Å². The highest BCUT2D eigenvalue weighted by atomic mass is 19.1. The van der Waals surface area contributed by atoms with Crippen LogP contribution < -0.4 is 5.32 Å². The summed E-state index contributed by atoms with van der Waals surface area (Å²) >= 11 is 0. The van der Waals surface area contributed by atoms with Gasteiger partial charge in [0.05, 0.1) is 5.70 Å². The zero-order valence-electron chi connectivity index (χ0n) is 19.5. The monoisotopic (exact) mass is 434 g/mol. The van der Waals surface area contributed by atoms with Crippen LogP contribution in [0.5, 0.6) is 0 Å². The van der Waals surface area contributed by atoms with Crippen molar-refractivity contribution in [2.24, 2.45) is 10.9 Å². The summed E-state index contributed by atoms with van der Waals surface area (Å²) in [4.78, 5) is 11.1. The fraction of sp³-hybridized carbons (Fsp3) is 0.407. The number of hydrogen-bond acceptors (Lipinski definition) is 2. The fourth-order valence-corrected chi connectivity index (χ4v) is 4.01. The van der Waals surface area contributed by atoms with Gasteiger partial charge >= 0.3 is 0 Å². The van der Waals surface area contributed by atoms with Crippen LogP contribution in [0.4, 0.5) is 4.39 Å². The molecule has 0 saturated heterocycles. The Bertz CT molecular complexity index is 900. The van der Waals surface area contributed by atoms with Gasteiger partial charge in [0.1, 0.15) is 5.82 Å². The second kappa shape index (κ2) is 13.3. The number of halogens is 1. The van der Waals surface area contributed by atoms with Gasteiger partial charge in [-0.1, -0.05) is 45.2 Å². The lowest BCUT2D eigenvalue weighted by molar-refractivity contribution is 0.421. The molecule has 0 saturated carbocycles. The first-order valence-electron chi connectivity index (χ1n) is 11.4. The van der Waals surface area contributed by atoms with Gasteiger partial charge in [-0.25, -0.2) is 4.39 Å². The lowest BCUT2D eigenvalue weighted by Crippen LogP contribution is -2.43. The normalized spacial score (nSPS) is 15.7. The van der Waals surface area contributed by atoms with E-state index in [1.807, 2.05) is 31.3 Å². The van der Waals surface area contributed by atoms with Gasteiger partial charge in [-0.15, -0.1) is 12.8 Å². The summed E-state index contributed by atoms with van der Waals surface area (Å²) in [5, 5.41) is 3.54. The Hall–Kier alpha value is -3.13. The Morgan fingerprint density at radius 1 is 1.06 bits per heavy atom. The quantitative estimate of drug-likeness (QED) is 0.398. The van der Waals surface area contributed by atoms with Crippen LogP contribution in [0.15, 0.2) is 53.8 Å². The van der Waals surface area contributed by atoms with Crippen LogP contribution in [0.25, 0.3) is 11.3 Å². The molecule has 0 bridgehead atoms. The van der Waals surface area contributed by atoms with Gasteiger partial charge < -0.3 is 10.2 Å². The van der Waals surface area contributed by atoms with E-state index >= 15 is 0 Å². The molecule has 1 aliphatic rings. The summed E-state index contributed by atoms with van der Waals surface area (Å²) in [5.74, 6) is 1.47. The van der Waals surface area contributed by atoms with Gasteiger partial charge in [-0.05, 0) is 48.6 Å². The third-order valence-electron chi connectivity index (χ3n) is 5.76. The van der Waals surface area contributed by atoms with Crippen molar-refractivity contribution in [1.29, 1.82) is 0 Å². The van der Waals surface area contributed by atoms with E-state index in [4.69, 9.17) is 4.99 Å². The smallest absolute Gasteiger partial charge is 0.198 e. The van der Waals surface area contributed by atoms with E-state index in [9.17, 15) is 4.39 Å². The molecule has 2 heterocycles. The second-order valence-electron chi connectivity index (χ2n) is 7.99. The van der Waals surface area contributed by atoms with Crippen molar-refractivity contribution in [2.75, 3.05) is 20.1 Å². The van der Waals surface area contributed by atoms with Crippen LogP contribution in [0.1, 0.15) is 57.1 Å². The van der Waals surface area contributed by atoms with Gasteiger partial charge in [0.25, 0.3) is 0 Å². The molecule has 0 spiro atoms. The average molecular weight is 435 g/mol. The van der Waals surface area contributed by atoms with E-state index in [1.54, 1.807) is 12.4 Å². The Kier molecular flexibility index (Phi) is 10.5. The number of nitrogens with one attached hydrogen (secondary N) is 1. The van der Waals surface area contributed by atoms with Gasteiger partial charge in [0.2, 0.25) is 0 Å². The maximum Gasteiger partial charge on any atom is 0.198 e. The number of aliphatic imine (C=N–C) groups is 1. The number of terminal acetylenes is 1. The van der Waals surface area contributed by atoms with Crippen LogP contribution in [0, 0.1) is 24.6 Å². The van der Waals surface area contributed by atoms with E-state index in [0.717, 1.165) is 47.2 Å². The third-order valence-corrected chi connectivity index (χ3v) is 5.76. The minimum absolute atomic E-state index is 0.224. The van der Waals surface area contributed by atoms with Crippen molar-refractivity contribution in [1.82, 2.24) is 15.2 Å². The predicted octanol–water partition coefficient (Wildman–Crippen LogP) is 5.84. The summed E-state index contributed by atoms with van der Waals surface area (Å²) in [5.41, 5.74) is 4.20. The number of nitrogens with zero attached hydrogens (tertiary/aromatic N) is 3. The summed E-state index contributed by atoms with van der Waals surface area (Å²) in [6, 6.07) is 10.7. The molecular formula is C27H35FN4. The molecule has 3 rings (SSSR count). The molecule has 0 aliphatic carbocycles. The SMILES string of the molecule is C#C.CCCC(CC)CCCN=C1NC(c2ccncc2)=C(c2ccc(F)cc2)CN1C. The van der Waals surface area contributed by atoms with Gasteiger partial charge in [-0.2, -0.15) is 0 Å². The van der Waals surface area contributed by atoms with Crippen molar-refractivity contribution < 1.29 is 4.39 Å². The van der Waals surface area contributed by atoms with Crippen LogP contribution >= 0.6 is 0 Å². The Labute approximate surface area is 192 Å². The number of aromatic nitrogens is 1. The van der Waals surface area contributed by atoms with Crippen LogP contribution in [0.2, 0.25) is 0 Å². The first-order valence-corrected chi connectivity index (χ1v) is 11.4. The molecule has 1 aromatic carbocycles. The molecule has 0 radical (unpaired) electrons. The lowest BCUT2D eigenvalue weighted by Gasteiger charge is -2.32. The molecular weight excluding hydrogens is 399 g/mol. The second-order valence-corrected chi connectivity index (χ2v) is 7.99. The lowest BCUT2D eigenvalue weighted by atomic mass is 9.95. The summed E-state index contributed by atoms with van der Waals surface area (Å²) in [6.45, 7) is 6.08. The molecule has 0 fully saturated rings. The first-order chi connectivity index (χ1) is 15.6. The first kappa shape index (κ1) is 25.1. The molecule has 32 heavy (non-hydrogen) atoms. The molecule has 4 nitrogen and oxygen atoms in total. The molecule has 1 N–H and O–H groups in total. The van der Waals surface area contributed by atoms with Gasteiger partial charge in [-0.3, -0.25) is 9.98 Å². The van der Waals surface area contributed by atoms with E-state index in [-0.39, 0.29) is 5.82 Å². The largest absolute Gasteiger partial charge is 0.341 e. The zero-order valence-corrected chi connectivity index (χ0v) is 19.5. The van der Waals surface area contributed by atoms with Crippen molar-refractivity contribution >= 4 is 17.2 Å². The highest BCUT2D eigenvalue weighted by molar-refractivity contribution is 6.02. The predicted molar refractivity (Wildman–Crippen MR) is 133 cm³/mol. The summed E-state index contributed by atoms with van der Waals surface area (Å²) in [6.07, 6.45) is 17.7. The van der Waals surface area contributed by atoms with E-state index in [0.29, 0.717) is 6.54 Å². The third kappa shape index (κ3) is 6.95. The Morgan fingerprint density at radius 2 is 1.75 bits per heavy atom. The fourth-order valence-electron chi connectivity index (χ4n) is 4.01. The zero-order chi connectivity index (χ0) is 23.3. The molecule has 2 aromatic rings. The molecule has 1 aliphatic heterocycles. The van der Waals surface area contributed by atoms with Crippen molar-refractivity contribution in [2.45, 2.75) is 46.0 Å². The minimum atomic E-state index is -0.224. The standard InChI is InChI=1S/C25H33FN4.C2H2/c1-4-7-19(5-2)8-6-15-28-25-29-24(21-13-16-27-17-14-21)23(18-30(25)3)20-9-11-22(26)12-10-20;1-2/h9-14,16-17,19H,4-8,15,18H2,1-3H3,(H,28,29);1-2H. The van der Waals surface area contributed by atoms with E-state index in [1.165, 1.54) is 37.8 Å². The number of benzene rings is 1. The molecule has 1 unspecified atom stereocenters.